The molecule has 2 aromatic rings. The molecule has 0 aromatic heterocycles. The van der Waals surface area contributed by atoms with Crippen LogP contribution in [-0.2, 0) is 33.8 Å². The van der Waals surface area contributed by atoms with Crippen molar-refractivity contribution < 1.29 is 33.2 Å². The Morgan fingerprint density at radius 3 is 2.50 bits per heavy atom. The van der Waals surface area contributed by atoms with Crippen LogP contribution in [0.4, 0.5) is 0 Å². The van der Waals surface area contributed by atoms with E-state index in [1.807, 2.05) is 24.3 Å². The normalized spacial score (nSPS) is 28.1. The number of aryl methyl sites for hydroxylation is 2. The average Bonchev–Trinajstić information content (AvgIpc) is 2.76. The van der Waals surface area contributed by atoms with E-state index in [9.17, 15) is 23.7 Å². The molecule has 2 aliphatic heterocycles. The number of aliphatic hydroxyl groups excluding tert-OH is 3. The van der Waals surface area contributed by atoms with Crippen LogP contribution < -0.4 is 4.74 Å². The van der Waals surface area contributed by atoms with Crippen molar-refractivity contribution in [3.05, 3.63) is 64.2 Å². The maximum atomic E-state index is 12.1. The second-order valence-electron chi connectivity index (χ2n) is 8.68. The molecule has 1 fully saturated rings. The Balaban J connectivity index is 1.65. The highest BCUT2D eigenvalue weighted by atomic mass is 32.2. The fraction of sp³-hybridized carbons (Fsp3) is 0.500. The van der Waals surface area contributed by atoms with Gasteiger partial charge in [-0.15, -0.1) is 0 Å². The number of hydrogen-bond donors (Lipinski definition) is 3. The van der Waals surface area contributed by atoms with Gasteiger partial charge in [0, 0.05) is 6.26 Å². The van der Waals surface area contributed by atoms with Gasteiger partial charge >= 0.3 is 0 Å². The zero-order valence-corrected chi connectivity index (χ0v) is 19.1. The highest BCUT2D eigenvalue weighted by Gasteiger charge is 2.48. The van der Waals surface area contributed by atoms with Crippen LogP contribution in [0.25, 0.3) is 0 Å². The summed E-state index contributed by atoms with van der Waals surface area (Å²) >= 11 is 0. The molecule has 2 aliphatic rings. The van der Waals surface area contributed by atoms with Gasteiger partial charge < -0.3 is 24.8 Å². The van der Waals surface area contributed by atoms with Crippen LogP contribution in [0.5, 0.6) is 5.75 Å². The van der Waals surface area contributed by atoms with Crippen molar-refractivity contribution in [1.29, 1.82) is 0 Å². The number of sulfone groups is 1. The standard InChI is InChI=1S/C24H30O7S/c1-3-15-7-8-17(23-21(26)20(25)22(27)24(31-23)32(2,28)29)13-18(15)12-14-6-9-19-16(11-14)5-4-10-30-19/h6-9,11,13,20-27H,3-5,10,12H2,1-2H3. The second-order valence-corrected chi connectivity index (χ2v) is 10.8. The van der Waals surface area contributed by atoms with Crippen molar-refractivity contribution in [1.82, 2.24) is 0 Å². The summed E-state index contributed by atoms with van der Waals surface area (Å²) in [6, 6.07) is 11.8. The highest BCUT2D eigenvalue weighted by Crippen LogP contribution is 2.35. The van der Waals surface area contributed by atoms with Gasteiger partial charge in [0.1, 0.15) is 30.2 Å². The molecule has 3 N–H and O–H groups in total. The van der Waals surface area contributed by atoms with E-state index in [-0.39, 0.29) is 0 Å². The number of ether oxygens (including phenoxy) is 2. The van der Waals surface area contributed by atoms with Crippen LogP contribution in [-0.4, -0.2) is 60.3 Å². The van der Waals surface area contributed by atoms with Gasteiger partial charge in [-0.1, -0.05) is 37.3 Å². The number of aliphatic hydroxyl groups is 3. The Bertz CT molecular complexity index is 1080. The molecule has 0 aliphatic carbocycles. The molecule has 5 atom stereocenters. The lowest BCUT2D eigenvalue weighted by Gasteiger charge is -2.40. The lowest BCUT2D eigenvalue weighted by Crippen LogP contribution is -2.56. The Morgan fingerprint density at radius 2 is 1.78 bits per heavy atom. The third kappa shape index (κ3) is 4.56. The van der Waals surface area contributed by atoms with Crippen LogP contribution in [0.3, 0.4) is 0 Å². The zero-order valence-electron chi connectivity index (χ0n) is 18.3. The molecule has 0 radical (unpaired) electrons. The first-order valence-corrected chi connectivity index (χ1v) is 12.9. The third-order valence-corrected chi connectivity index (χ3v) is 7.53. The minimum absolute atomic E-state index is 0.561. The van der Waals surface area contributed by atoms with Crippen molar-refractivity contribution in [2.24, 2.45) is 0 Å². The molecule has 0 saturated carbocycles. The van der Waals surface area contributed by atoms with Crippen LogP contribution >= 0.6 is 0 Å². The van der Waals surface area contributed by atoms with E-state index < -0.39 is 39.7 Å². The lowest BCUT2D eigenvalue weighted by atomic mass is 9.89. The van der Waals surface area contributed by atoms with E-state index >= 15 is 0 Å². The molecular formula is C24H30O7S. The smallest absolute Gasteiger partial charge is 0.187 e. The summed E-state index contributed by atoms with van der Waals surface area (Å²) in [5.41, 5.74) is 3.45. The number of hydrogen-bond acceptors (Lipinski definition) is 7. The van der Waals surface area contributed by atoms with E-state index in [2.05, 4.69) is 13.0 Å². The van der Waals surface area contributed by atoms with Crippen molar-refractivity contribution in [3.8, 4) is 5.75 Å². The van der Waals surface area contributed by atoms with Crippen LogP contribution in [0, 0.1) is 0 Å². The maximum absolute atomic E-state index is 12.1. The first-order chi connectivity index (χ1) is 15.2. The van der Waals surface area contributed by atoms with Gasteiger partial charge in [-0.25, -0.2) is 8.42 Å². The third-order valence-electron chi connectivity index (χ3n) is 6.30. The molecule has 4 rings (SSSR count). The molecule has 0 spiro atoms. The molecule has 174 valence electrons. The first kappa shape index (κ1) is 23.2. The van der Waals surface area contributed by atoms with Crippen molar-refractivity contribution in [2.75, 3.05) is 12.9 Å². The van der Waals surface area contributed by atoms with Gasteiger partial charge in [0.2, 0.25) is 0 Å². The highest BCUT2D eigenvalue weighted by molar-refractivity contribution is 7.91. The van der Waals surface area contributed by atoms with E-state index in [1.54, 1.807) is 6.07 Å². The minimum atomic E-state index is -3.81. The predicted molar refractivity (Wildman–Crippen MR) is 119 cm³/mol. The molecule has 8 heteroatoms. The monoisotopic (exact) mass is 462 g/mol. The Kier molecular flexibility index (Phi) is 6.61. The van der Waals surface area contributed by atoms with Gasteiger partial charge in [-0.2, -0.15) is 0 Å². The van der Waals surface area contributed by atoms with Crippen molar-refractivity contribution >= 4 is 9.84 Å². The van der Waals surface area contributed by atoms with E-state index in [1.165, 1.54) is 5.56 Å². The summed E-state index contributed by atoms with van der Waals surface area (Å²) in [5, 5.41) is 30.9. The summed E-state index contributed by atoms with van der Waals surface area (Å²) in [6.45, 7) is 2.80. The summed E-state index contributed by atoms with van der Waals surface area (Å²) < 4.78 is 35.5. The Labute approximate surface area is 188 Å². The number of rotatable bonds is 5. The summed E-state index contributed by atoms with van der Waals surface area (Å²) in [7, 11) is -3.81. The van der Waals surface area contributed by atoms with Gasteiger partial charge in [0.25, 0.3) is 0 Å². The van der Waals surface area contributed by atoms with Gasteiger partial charge in [0.05, 0.1) is 6.61 Å². The predicted octanol–water partition coefficient (Wildman–Crippen LogP) is 1.69. The van der Waals surface area contributed by atoms with Gasteiger partial charge in [-0.3, -0.25) is 0 Å². The van der Waals surface area contributed by atoms with Crippen LogP contribution in [0.15, 0.2) is 36.4 Å². The minimum Gasteiger partial charge on any atom is -0.493 e. The lowest BCUT2D eigenvalue weighted by molar-refractivity contribution is -0.202. The Morgan fingerprint density at radius 1 is 1.00 bits per heavy atom. The second kappa shape index (κ2) is 9.11. The van der Waals surface area contributed by atoms with E-state index in [0.717, 1.165) is 54.6 Å². The average molecular weight is 463 g/mol. The van der Waals surface area contributed by atoms with E-state index in [0.29, 0.717) is 12.0 Å². The fourth-order valence-corrected chi connectivity index (χ4v) is 5.54. The number of fused-ring (bicyclic) bond motifs is 1. The molecule has 32 heavy (non-hydrogen) atoms. The van der Waals surface area contributed by atoms with Gasteiger partial charge in [-0.05, 0) is 59.6 Å². The summed E-state index contributed by atoms with van der Waals surface area (Å²) in [4.78, 5) is 0. The summed E-state index contributed by atoms with van der Waals surface area (Å²) in [6.07, 6.45) is -1.49. The molecule has 2 heterocycles. The molecule has 5 unspecified atom stereocenters. The molecule has 1 saturated heterocycles. The molecule has 7 nitrogen and oxygen atoms in total. The number of benzene rings is 2. The van der Waals surface area contributed by atoms with Crippen molar-refractivity contribution in [2.45, 2.75) is 62.5 Å². The molecule has 0 bridgehead atoms. The quantitative estimate of drug-likeness (QED) is 0.620. The topological polar surface area (TPSA) is 113 Å². The maximum Gasteiger partial charge on any atom is 0.187 e. The molecule has 2 aromatic carbocycles. The van der Waals surface area contributed by atoms with Crippen LogP contribution in [0.2, 0.25) is 0 Å². The summed E-state index contributed by atoms with van der Waals surface area (Å²) in [5.74, 6) is 0.933. The van der Waals surface area contributed by atoms with Crippen LogP contribution in [0.1, 0.15) is 47.3 Å². The van der Waals surface area contributed by atoms with Gasteiger partial charge in [0.15, 0.2) is 15.3 Å². The zero-order chi connectivity index (χ0) is 23.0. The first-order valence-electron chi connectivity index (χ1n) is 10.9. The SMILES string of the molecule is CCc1ccc(C2OC(S(C)(=O)=O)C(O)C(O)C2O)cc1Cc1ccc2c(c1)CCCO2. The Hall–Kier alpha value is -1.97. The molecular weight excluding hydrogens is 432 g/mol. The largest absolute Gasteiger partial charge is 0.493 e. The van der Waals surface area contributed by atoms with Crippen molar-refractivity contribution in [3.63, 3.8) is 0 Å². The van der Waals surface area contributed by atoms with E-state index in [4.69, 9.17) is 9.47 Å². The fourth-order valence-electron chi connectivity index (χ4n) is 4.55. The molecule has 0 amide bonds.